The van der Waals surface area contributed by atoms with Crippen molar-refractivity contribution in [2.75, 3.05) is 26.2 Å². The van der Waals surface area contributed by atoms with Gasteiger partial charge < -0.3 is 23.8 Å². The Labute approximate surface area is 252 Å². The maximum atomic E-state index is 13.6. The van der Waals surface area contributed by atoms with Crippen molar-refractivity contribution in [1.82, 2.24) is 19.4 Å². The topological polar surface area (TPSA) is 94.0 Å². The van der Waals surface area contributed by atoms with Crippen LogP contribution >= 0.6 is 0 Å². The Bertz CT molecular complexity index is 1690. The highest BCUT2D eigenvalue weighted by atomic mass is 16.6. The van der Waals surface area contributed by atoms with Gasteiger partial charge in [0.2, 0.25) is 0 Å². The number of hydrogen-bond donors (Lipinski definition) is 0. The van der Waals surface area contributed by atoms with E-state index in [0.29, 0.717) is 61.1 Å². The predicted octanol–water partition coefficient (Wildman–Crippen LogP) is 4.27. The van der Waals surface area contributed by atoms with E-state index in [1.807, 2.05) is 30.0 Å². The minimum Gasteiger partial charge on any atom is -0.460 e. The summed E-state index contributed by atoms with van der Waals surface area (Å²) >= 11 is 0. The molecule has 222 valence electrons. The Balaban J connectivity index is 1.16. The number of carbonyl (C=O) groups excluding carboxylic acids is 2. The fraction of sp³-hybridized carbons (Fsp3) is 0.515. The second-order valence-corrected chi connectivity index (χ2v) is 12.3. The number of cyclic esters (lactones) is 1. The predicted molar refractivity (Wildman–Crippen MR) is 163 cm³/mol. The third-order valence-electron chi connectivity index (χ3n) is 10.1. The van der Waals surface area contributed by atoms with Crippen molar-refractivity contribution in [2.24, 2.45) is 0 Å². The summed E-state index contributed by atoms with van der Waals surface area (Å²) in [6.07, 6.45) is 6.55. The van der Waals surface area contributed by atoms with Crippen LogP contribution in [0.3, 0.4) is 0 Å². The number of benzene rings is 1. The second kappa shape index (κ2) is 10.8. The van der Waals surface area contributed by atoms with Crippen LogP contribution in [0.25, 0.3) is 22.3 Å². The Morgan fingerprint density at radius 3 is 2.56 bits per heavy atom. The summed E-state index contributed by atoms with van der Waals surface area (Å²) in [6, 6.07) is 7.96. The van der Waals surface area contributed by atoms with E-state index in [1.165, 1.54) is 32.4 Å². The molecule has 0 spiro atoms. The molecule has 1 aromatic carbocycles. The largest absolute Gasteiger partial charge is 0.460 e. The molecular weight excluding hydrogens is 543 g/mol. The average molecular weight is 580 g/mol. The number of rotatable bonds is 4. The van der Waals surface area contributed by atoms with Gasteiger partial charge in [-0.15, -0.1) is 0 Å². The van der Waals surface area contributed by atoms with Crippen LogP contribution in [0.2, 0.25) is 0 Å². The van der Waals surface area contributed by atoms with Gasteiger partial charge in [0.25, 0.3) is 5.56 Å². The summed E-state index contributed by atoms with van der Waals surface area (Å²) in [5.74, 6) is -0.0268. The Kier molecular flexibility index (Phi) is 7.07. The normalized spacial score (nSPS) is 22.2. The first-order chi connectivity index (χ1) is 20.8. The molecular formula is C33H37BN4O5. The zero-order valence-corrected chi connectivity index (χ0v) is 25.0. The molecule has 3 aromatic rings. The molecule has 1 amide bonds. The average Bonchev–Trinajstić information content (AvgIpc) is 3.41. The van der Waals surface area contributed by atoms with Crippen molar-refractivity contribution in [1.29, 1.82) is 0 Å². The van der Waals surface area contributed by atoms with Gasteiger partial charge in [0.15, 0.2) is 0 Å². The summed E-state index contributed by atoms with van der Waals surface area (Å²) < 4.78 is 12.9. The van der Waals surface area contributed by atoms with Gasteiger partial charge in [-0.3, -0.25) is 9.59 Å². The number of ether oxygens (including phenoxy) is 2. The quantitative estimate of drug-likeness (QED) is 0.263. The summed E-state index contributed by atoms with van der Waals surface area (Å²) in [6.45, 7) is 7.94. The lowest BCUT2D eigenvalue weighted by atomic mass is 9.60. The summed E-state index contributed by atoms with van der Waals surface area (Å²) in [7, 11) is 6.50. The Morgan fingerprint density at radius 2 is 1.84 bits per heavy atom. The first-order valence-corrected chi connectivity index (χ1v) is 15.7. The van der Waals surface area contributed by atoms with Crippen LogP contribution in [0, 0.1) is 0 Å². The lowest BCUT2D eigenvalue weighted by Gasteiger charge is -2.39. The number of piperidine rings is 2. The molecule has 10 heteroatoms. The number of fused-ring (bicyclic) bond motifs is 5. The molecule has 4 aliphatic heterocycles. The van der Waals surface area contributed by atoms with E-state index < -0.39 is 11.3 Å². The highest BCUT2D eigenvalue weighted by Gasteiger charge is 2.42. The highest BCUT2D eigenvalue weighted by molar-refractivity contribution is 6.28. The molecule has 2 aromatic heterocycles. The molecule has 0 bridgehead atoms. The molecule has 2 fully saturated rings. The molecule has 0 aliphatic carbocycles. The third kappa shape index (κ3) is 4.56. The molecule has 2 saturated heterocycles. The van der Waals surface area contributed by atoms with Crippen LogP contribution in [-0.2, 0) is 34.4 Å². The molecule has 0 unspecified atom stereocenters. The van der Waals surface area contributed by atoms with Crippen molar-refractivity contribution < 1.29 is 19.1 Å². The zero-order valence-electron chi connectivity index (χ0n) is 25.0. The molecule has 7 rings (SSSR count). The fourth-order valence-corrected chi connectivity index (χ4v) is 7.51. The smallest absolute Gasteiger partial charge is 0.415 e. The van der Waals surface area contributed by atoms with E-state index in [0.717, 1.165) is 40.6 Å². The Hall–Kier alpha value is -3.66. The van der Waals surface area contributed by atoms with Crippen LogP contribution < -0.4 is 10.3 Å². The second-order valence-electron chi connectivity index (χ2n) is 12.3. The number of aromatic nitrogens is 2. The number of likely N-dealkylation sites (tertiary alicyclic amines) is 2. The SMILES string of the molecule is [B][C@]1(CC)C(=O)OCc2c1cc1n(c2=O)Cc2c-1nc1ccc(OC(=O)N3CCC(N4CCCCC4)CC3)cc1c2CC. The standard InChI is InChI=1S/C33H37BN4O5/c1-3-22-23-16-21(43-32(41)37-14-10-20(11-15-37)36-12-6-5-7-13-36)8-9-27(23)35-29-24(22)18-38-28(29)17-26-25(30(38)39)19-42-31(40)33(26,34)4-2/h8-9,16-17,20H,3-7,10-15,18-19H2,1-2H3/t33-/m0/s1. The highest BCUT2D eigenvalue weighted by Crippen LogP contribution is 2.40. The fourth-order valence-electron chi connectivity index (χ4n) is 7.51. The first kappa shape index (κ1) is 28.1. The number of amides is 1. The van der Waals surface area contributed by atoms with Crippen LogP contribution in [0.4, 0.5) is 4.79 Å². The molecule has 9 nitrogen and oxygen atoms in total. The van der Waals surface area contributed by atoms with E-state index in [4.69, 9.17) is 22.3 Å². The Morgan fingerprint density at radius 1 is 1.07 bits per heavy atom. The van der Waals surface area contributed by atoms with Crippen molar-refractivity contribution in [2.45, 2.75) is 83.3 Å². The third-order valence-corrected chi connectivity index (χ3v) is 10.1. The molecule has 4 aliphatic rings. The number of esters is 1. The molecule has 0 N–H and O–H groups in total. The van der Waals surface area contributed by atoms with Gasteiger partial charge in [0.1, 0.15) is 12.4 Å². The van der Waals surface area contributed by atoms with Gasteiger partial charge >= 0.3 is 12.1 Å². The van der Waals surface area contributed by atoms with Gasteiger partial charge in [-0.1, -0.05) is 20.3 Å². The molecule has 6 heterocycles. The summed E-state index contributed by atoms with van der Waals surface area (Å²) in [5.41, 5.74) is 4.91. The lowest BCUT2D eigenvalue weighted by molar-refractivity contribution is -0.150. The van der Waals surface area contributed by atoms with Gasteiger partial charge in [-0.25, -0.2) is 9.78 Å². The van der Waals surface area contributed by atoms with Gasteiger partial charge in [-0.2, -0.15) is 0 Å². The van der Waals surface area contributed by atoms with Gasteiger partial charge in [0, 0.05) is 30.1 Å². The number of carbonyl (C=O) groups is 2. The van der Waals surface area contributed by atoms with E-state index in [1.54, 1.807) is 10.6 Å². The molecule has 2 radical (unpaired) electrons. The molecule has 43 heavy (non-hydrogen) atoms. The minimum absolute atomic E-state index is 0.0801. The summed E-state index contributed by atoms with van der Waals surface area (Å²) in [5, 5.41) is -0.460. The molecule has 1 atom stereocenters. The first-order valence-electron chi connectivity index (χ1n) is 15.7. The minimum atomic E-state index is -1.36. The van der Waals surface area contributed by atoms with Crippen molar-refractivity contribution >= 4 is 30.8 Å². The van der Waals surface area contributed by atoms with Crippen LogP contribution in [0.5, 0.6) is 5.75 Å². The van der Waals surface area contributed by atoms with E-state index in [-0.39, 0.29) is 18.3 Å². The monoisotopic (exact) mass is 580 g/mol. The number of pyridine rings is 2. The van der Waals surface area contributed by atoms with Gasteiger partial charge in [-0.05, 0) is 87.0 Å². The van der Waals surface area contributed by atoms with Crippen LogP contribution in [0.1, 0.15) is 74.6 Å². The van der Waals surface area contributed by atoms with E-state index in [2.05, 4.69) is 11.8 Å². The van der Waals surface area contributed by atoms with E-state index >= 15 is 0 Å². The van der Waals surface area contributed by atoms with Crippen LogP contribution in [0.15, 0.2) is 29.1 Å². The maximum absolute atomic E-state index is 13.6. The zero-order chi connectivity index (χ0) is 29.9. The number of nitrogens with zero attached hydrogens (tertiary/aromatic N) is 4. The van der Waals surface area contributed by atoms with Crippen LogP contribution in [-0.4, -0.2) is 71.5 Å². The van der Waals surface area contributed by atoms with Gasteiger partial charge in [0.05, 0.1) is 42.2 Å². The van der Waals surface area contributed by atoms with Crippen molar-refractivity contribution in [3.63, 3.8) is 0 Å². The molecule has 0 saturated carbocycles. The lowest BCUT2D eigenvalue weighted by Crippen LogP contribution is -2.48. The maximum Gasteiger partial charge on any atom is 0.415 e. The van der Waals surface area contributed by atoms with Crippen molar-refractivity contribution in [3.05, 3.63) is 56.9 Å². The number of aryl methyl sites for hydroxylation is 1. The number of hydrogen-bond acceptors (Lipinski definition) is 7. The van der Waals surface area contributed by atoms with E-state index in [9.17, 15) is 14.4 Å². The van der Waals surface area contributed by atoms with Crippen molar-refractivity contribution in [3.8, 4) is 17.1 Å². The summed E-state index contributed by atoms with van der Waals surface area (Å²) in [4.78, 5) is 48.8.